The summed E-state index contributed by atoms with van der Waals surface area (Å²) in [5.41, 5.74) is 1.63. The van der Waals surface area contributed by atoms with E-state index in [0.717, 1.165) is 5.56 Å². The standard InChI is InChI=1S/C22H24ClNO5/c1-15(17-8-6-5-7-9-17)24(2)20(25)14-29-21(26)11-10-16-12-18(23)22(28-4)19(13-16)27-3/h5-13,15H,14H2,1-4H3/b11-10+/t15-/m1/s1. The van der Waals surface area contributed by atoms with Gasteiger partial charge in [0.2, 0.25) is 0 Å². The van der Waals surface area contributed by atoms with Crippen LogP contribution >= 0.6 is 11.6 Å². The molecule has 0 fully saturated rings. The van der Waals surface area contributed by atoms with Gasteiger partial charge in [-0.3, -0.25) is 4.79 Å². The van der Waals surface area contributed by atoms with Crippen molar-refractivity contribution >= 4 is 29.6 Å². The van der Waals surface area contributed by atoms with Crippen molar-refractivity contribution in [2.45, 2.75) is 13.0 Å². The van der Waals surface area contributed by atoms with Crippen molar-refractivity contribution in [3.05, 3.63) is 64.7 Å². The lowest BCUT2D eigenvalue weighted by molar-refractivity contribution is -0.148. The summed E-state index contributed by atoms with van der Waals surface area (Å²) in [5.74, 6) is -0.0722. The highest BCUT2D eigenvalue weighted by Gasteiger charge is 2.18. The average molecular weight is 418 g/mol. The zero-order valence-corrected chi connectivity index (χ0v) is 17.6. The molecule has 0 radical (unpaired) electrons. The molecule has 0 aliphatic carbocycles. The highest BCUT2D eigenvalue weighted by Crippen LogP contribution is 2.36. The fourth-order valence-electron chi connectivity index (χ4n) is 2.65. The van der Waals surface area contributed by atoms with Crippen LogP contribution in [0.2, 0.25) is 5.02 Å². The Labute approximate surface area is 175 Å². The van der Waals surface area contributed by atoms with Gasteiger partial charge in [-0.05, 0) is 36.3 Å². The van der Waals surface area contributed by atoms with Gasteiger partial charge in [-0.15, -0.1) is 0 Å². The Bertz CT molecular complexity index is 882. The summed E-state index contributed by atoms with van der Waals surface area (Å²) in [6.07, 6.45) is 2.75. The number of nitrogens with zero attached hydrogens (tertiary/aromatic N) is 1. The number of hydrogen-bond acceptors (Lipinski definition) is 5. The highest BCUT2D eigenvalue weighted by molar-refractivity contribution is 6.32. The predicted molar refractivity (Wildman–Crippen MR) is 112 cm³/mol. The second-order valence-corrected chi connectivity index (χ2v) is 6.68. The summed E-state index contributed by atoms with van der Waals surface area (Å²) in [5, 5.41) is 0.353. The van der Waals surface area contributed by atoms with Gasteiger partial charge in [-0.25, -0.2) is 4.79 Å². The van der Waals surface area contributed by atoms with Crippen LogP contribution in [0.4, 0.5) is 0 Å². The number of amides is 1. The number of benzene rings is 2. The molecule has 0 unspecified atom stereocenters. The fraction of sp³-hybridized carbons (Fsp3) is 0.273. The van der Waals surface area contributed by atoms with E-state index in [1.54, 1.807) is 24.1 Å². The molecule has 2 rings (SSSR count). The highest BCUT2D eigenvalue weighted by atomic mass is 35.5. The molecule has 1 amide bonds. The van der Waals surface area contributed by atoms with Gasteiger partial charge in [-0.1, -0.05) is 41.9 Å². The molecule has 6 nitrogen and oxygen atoms in total. The van der Waals surface area contributed by atoms with Gasteiger partial charge in [0.15, 0.2) is 18.1 Å². The van der Waals surface area contributed by atoms with E-state index in [9.17, 15) is 9.59 Å². The maximum absolute atomic E-state index is 12.3. The van der Waals surface area contributed by atoms with E-state index in [1.165, 1.54) is 26.4 Å². The number of carbonyl (C=O) groups is 2. The molecular weight excluding hydrogens is 394 g/mol. The van der Waals surface area contributed by atoms with Gasteiger partial charge in [0, 0.05) is 13.1 Å². The van der Waals surface area contributed by atoms with Gasteiger partial charge in [-0.2, -0.15) is 0 Å². The Hall–Kier alpha value is -2.99. The lowest BCUT2D eigenvalue weighted by Gasteiger charge is -2.25. The topological polar surface area (TPSA) is 65.1 Å². The van der Waals surface area contributed by atoms with Crippen LogP contribution in [0, 0.1) is 0 Å². The van der Waals surface area contributed by atoms with E-state index in [4.69, 9.17) is 25.8 Å². The van der Waals surface area contributed by atoms with Crippen molar-refractivity contribution in [1.29, 1.82) is 0 Å². The summed E-state index contributed by atoms with van der Waals surface area (Å²) in [7, 11) is 4.66. The van der Waals surface area contributed by atoms with Crippen molar-refractivity contribution in [2.75, 3.05) is 27.9 Å². The predicted octanol–water partition coefficient (Wildman–Crippen LogP) is 4.13. The molecule has 1 atom stereocenters. The van der Waals surface area contributed by atoms with Gasteiger partial charge >= 0.3 is 5.97 Å². The van der Waals surface area contributed by atoms with E-state index in [2.05, 4.69) is 0 Å². The molecule has 0 saturated heterocycles. The lowest BCUT2D eigenvalue weighted by Crippen LogP contribution is -2.33. The number of halogens is 1. The van der Waals surface area contributed by atoms with Crippen LogP contribution in [0.25, 0.3) is 6.08 Å². The van der Waals surface area contributed by atoms with Crippen molar-refractivity contribution in [2.24, 2.45) is 0 Å². The number of likely N-dealkylation sites (N-methyl/N-ethyl adjacent to an activating group) is 1. The normalized spacial score (nSPS) is 11.8. The lowest BCUT2D eigenvalue weighted by atomic mass is 10.1. The molecule has 0 aliphatic rings. The maximum Gasteiger partial charge on any atom is 0.331 e. The number of ether oxygens (including phenoxy) is 3. The molecule has 0 heterocycles. The third kappa shape index (κ3) is 5.99. The molecule has 154 valence electrons. The number of carbonyl (C=O) groups excluding carboxylic acids is 2. The minimum absolute atomic E-state index is 0.133. The van der Waals surface area contributed by atoms with E-state index >= 15 is 0 Å². The fourth-order valence-corrected chi connectivity index (χ4v) is 2.95. The third-order valence-corrected chi connectivity index (χ3v) is 4.74. The van der Waals surface area contributed by atoms with E-state index in [0.29, 0.717) is 22.1 Å². The molecule has 7 heteroatoms. The van der Waals surface area contributed by atoms with Crippen LogP contribution in [-0.4, -0.2) is 44.7 Å². The minimum atomic E-state index is -0.634. The Morgan fingerprint density at radius 3 is 2.45 bits per heavy atom. The SMILES string of the molecule is COc1cc(/C=C/C(=O)OCC(=O)N(C)[C@H](C)c2ccccc2)cc(Cl)c1OC. The number of hydrogen-bond donors (Lipinski definition) is 0. The molecule has 0 saturated carbocycles. The summed E-state index contributed by atoms with van der Waals surface area (Å²) >= 11 is 6.14. The first-order chi connectivity index (χ1) is 13.9. The molecule has 0 spiro atoms. The Balaban J connectivity index is 1.94. The van der Waals surface area contributed by atoms with E-state index in [-0.39, 0.29) is 18.6 Å². The summed E-state index contributed by atoms with van der Waals surface area (Å²) in [6, 6.07) is 12.8. The van der Waals surface area contributed by atoms with Gasteiger partial charge in [0.1, 0.15) is 0 Å². The summed E-state index contributed by atoms with van der Waals surface area (Å²) < 4.78 is 15.4. The number of methoxy groups -OCH3 is 2. The van der Waals surface area contributed by atoms with Crippen LogP contribution in [0.3, 0.4) is 0 Å². The number of esters is 1. The zero-order chi connectivity index (χ0) is 21.4. The Kier molecular flexibility index (Phi) is 8.09. The first-order valence-corrected chi connectivity index (χ1v) is 9.32. The smallest absolute Gasteiger partial charge is 0.331 e. The second kappa shape index (κ2) is 10.5. The van der Waals surface area contributed by atoms with Crippen LogP contribution in [0.15, 0.2) is 48.5 Å². The number of rotatable bonds is 8. The van der Waals surface area contributed by atoms with Crippen molar-refractivity contribution in [3.8, 4) is 11.5 Å². The average Bonchev–Trinajstić information content (AvgIpc) is 2.74. The Morgan fingerprint density at radius 1 is 1.14 bits per heavy atom. The van der Waals surface area contributed by atoms with Gasteiger partial charge < -0.3 is 19.1 Å². The molecule has 2 aromatic rings. The van der Waals surface area contributed by atoms with Crippen LogP contribution in [0.5, 0.6) is 11.5 Å². The molecular formula is C22H24ClNO5. The summed E-state index contributed by atoms with van der Waals surface area (Å²) in [4.78, 5) is 25.8. The van der Waals surface area contributed by atoms with Crippen LogP contribution in [-0.2, 0) is 14.3 Å². The van der Waals surface area contributed by atoms with Crippen molar-refractivity contribution in [3.63, 3.8) is 0 Å². The second-order valence-electron chi connectivity index (χ2n) is 6.27. The van der Waals surface area contributed by atoms with Gasteiger partial charge in [0.05, 0.1) is 25.3 Å². The third-order valence-electron chi connectivity index (χ3n) is 4.46. The van der Waals surface area contributed by atoms with Crippen molar-refractivity contribution < 1.29 is 23.8 Å². The zero-order valence-electron chi connectivity index (χ0n) is 16.8. The summed E-state index contributed by atoms with van der Waals surface area (Å²) in [6.45, 7) is 1.57. The van der Waals surface area contributed by atoms with E-state index < -0.39 is 5.97 Å². The first kappa shape index (κ1) is 22.3. The first-order valence-electron chi connectivity index (χ1n) is 8.94. The minimum Gasteiger partial charge on any atom is -0.493 e. The quantitative estimate of drug-likeness (QED) is 0.477. The molecule has 0 bridgehead atoms. The molecule has 2 aromatic carbocycles. The molecule has 0 aliphatic heterocycles. The maximum atomic E-state index is 12.3. The Morgan fingerprint density at radius 2 is 1.83 bits per heavy atom. The van der Waals surface area contributed by atoms with Crippen LogP contribution < -0.4 is 9.47 Å². The van der Waals surface area contributed by atoms with E-state index in [1.807, 2.05) is 37.3 Å². The van der Waals surface area contributed by atoms with Crippen LogP contribution in [0.1, 0.15) is 24.1 Å². The molecule has 0 aromatic heterocycles. The monoisotopic (exact) mass is 417 g/mol. The van der Waals surface area contributed by atoms with Crippen molar-refractivity contribution in [1.82, 2.24) is 4.90 Å². The van der Waals surface area contributed by atoms with Gasteiger partial charge in [0.25, 0.3) is 5.91 Å². The molecule has 29 heavy (non-hydrogen) atoms. The largest absolute Gasteiger partial charge is 0.493 e. The molecule has 0 N–H and O–H groups in total.